The Morgan fingerprint density at radius 3 is 2.64 bits per heavy atom. The van der Waals surface area contributed by atoms with Crippen LogP contribution < -0.4 is 15.4 Å². The van der Waals surface area contributed by atoms with E-state index in [-0.39, 0.29) is 11.9 Å². The first-order valence-corrected chi connectivity index (χ1v) is 8.79. The molecule has 6 nitrogen and oxygen atoms in total. The number of benzene rings is 1. The van der Waals surface area contributed by atoms with Crippen LogP contribution in [0.5, 0.6) is 5.75 Å². The van der Waals surface area contributed by atoms with Crippen LogP contribution in [0.4, 0.5) is 11.5 Å². The van der Waals surface area contributed by atoms with Gasteiger partial charge < -0.3 is 15.4 Å². The molecule has 3 rings (SSSR count). The number of anilines is 2. The fourth-order valence-electron chi connectivity index (χ4n) is 3.12. The van der Waals surface area contributed by atoms with Gasteiger partial charge in [-0.05, 0) is 25.0 Å². The number of methoxy groups -OCH3 is 1. The topological polar surface area (TPSA) is 76.1 Å². The lowest BCUT2D eigenvalue weighted by molar-refractivity contribution is 0.0928. The number of aromatic nitrogens is 2. The second-order valence-electron chi connectivity index (χ2n) is 6.28. The van der Waals surface area contributed by atoms with Gasteiger partial charge in [-0.2, -0.15) is 0 Å². The van der Waals surface area contributed by atoms with Gasteiger partial charge in [0.15, 0.2) is 0 Å². The van der Waals surface area contributed by atoms with Crippen molar-refractivity contribution in [2.24, 2.45) is 0 Å². The minimum Gasteiger partial charge on any atom is -0.495 e. The molecule has 0 saturated heterocycles. The van der Waals surface area contributed by atoms with Crippen LogP contribution in [-0.2, 0) is 0 Å². The lowest BCUT2D eigenvalue weighted by Gasteiger charge is -2.16. The quantitative estimate of drug-likeness (QED) is 0.812. The molecular weight excluding hydrogens is 316 g/mol. The number of amides is 1. The highest BCUT2D eigenvalue weighted by molar-refractivity contribution is 5.93. The monoisotopic (exact) mass is 340 g/mol. The molecule has 132 valence electrons. The summed E-state index contributed by atoms with van der Waals surface area (Å²) in [6.07, 6.45) is 8.36. The first-order valence-electron chi connectivity index (χ1n) is 8.79. The zero-order chi connectivity index (χ0) is 17.5. The van der Waals surface area contributed by atoms with E-state index in [1.807, 2.05) is 24.3 Å². The van der Waals surface area contributed by atoms with E-state index in [4.69, 9.17) is 4.74 Å². The van der Waals surface area contributed by atoms with Gasteiger partial charge in [0.05, 0.1) is 12.8 Å². The van der Waals surface area contributed by atoms with Crippen LogP contribution in [0.1, 0.15) is 49.0 Å². The Labute approximate surface area is 148 Å². The third-order valence-electron chi connectivity index (χ3n) is 4.46. The Balaban J connectivity index is 1.69. The van der Waals surface area contributed by atoms with Crippen LogP contribution in [0.15, 0.2) is 36.7 Å². The van der Waals surface area contributed by atoms with Crippen LogP contribution in [0, 0.1) is 0 Å². The molecule has 0 aliphatic heterocycles. The molecule has 1 aliphatic rings. The summed E-state index contributed by atoms with van der Waals surface area (Å²) in [6.45, 7) is 0. The molecule has 1 heterocycles. The van der Waals surface area contributed by atoms with Crippen LogP contribution in [0.3, 0.4) is 0 Å². The van der Waals surface area contributed by atoms with Gasteiger partial charge in [-0.3, -0.25) is 4.79 Å². The third-order valence-corrected chi connectivity index (χ3v) is 4.46. The minimum absolute atomic E-state index is 0.141. The molecule has 6 heteroatoms. The summed E-state index contributed by atoms with van der Waals surface area (Å²) >= 11 is 0. The molecule has 2 N–H and O–H groups in total. The average Bonchev–Trinajstić information content (AvgIpc) is 2.91. The average molecular weight is 340 g/mol. The van der Waals surface area contributed by atoms with Gasteiger partial charge >= 0.3 is 0 Å². The summed E-state index contributed by atoms with van der Waals surface area (Å²) < 4.78 is 5.32. The summed E-state index contributed by atoms with van der Waals surface area (Å²) in [4.78, 5) is 20.8. The van der Waals surface area contributed by atoms with Crippen molar-refractivity contribution in [3.8, 4) is 5.75 Å². The minimum atomic E-state index is -0.141. The number of carbonyl (C=O) groups excluding carboxylic acids is 1. The fraction of sp³-hybridized carbons (Fsp3) is 0.421. The van der Waals surface area contributed by atoms with E-state index in [0.29, 0.717) is 17.3 Å². The number of para-hydroxylation sites is 2. The largest absolute Gasteiger partial charge is 0.495 e. The zero-order valence-corrected chi connectivity index (χ0v) is 14.5. The molecule has 1 saturated carbocycles. The summed E-state index contributed by atoms with van der Waals surface area (Å²) in [7, 11) is 1.62. The van der Waals surface area contributed by atoms with Gasteiger partial charge in [-0.25, -0.2) is 9.97 Å². The Morgan fingerprint density at radius 1 is 1.12 bits per heavy atom. The van der Waals surface area contributed by atoms with Crippen molar-refractivity contribution in [3.05, 3.63) is 42.4 Å². The summed E-state index contributed by atoms with van der Waals surface area (Å²) in [5.41, 5.74) is 1.16. The normalized spacial score (nSPS) is 15.2. The molecule has 1 fully saturated rings. The predicted molar refractivity (Wildman–Crippen MR) is 97.3 cm³/mol. The number of ether oxygens (including phenoxy) is 1. The van der Waals surface area contributed by atoms with Crippen molar-refractivity contribution in [3.63, 3.8) is 0 Å². The van der Waals surface area contributed by atoms with Crippen molar-refractivity contribution in [1.82, 2.24) is 15.3 Å². The van der Waals surface area contributed by atoms with Gasteiger partial charge in [-0.1, -0.05) is 37.8 Å². The second-order valence-corrected chi connectivity index (χ2v) is 6.28. The Kier molecular flexibility index (Phi) is 5.82. The summed E-state index contributed by atoms with van der Waals surface area (Å²) in [6, 6.07) is 9.48. The van der Waals surface area contributed by atoms with Crippen molar-refractivity contribution < 1.29 is 9.53 Å². The molecule has 0 spiro atoms. The number of nitrogens with zero attached hydrogens (tertiary/aromatic N) is 2. The molecule has 0 atom stereocenters. The highest BCUT2D eigenvalue weighted by Crippen LogP contribution is 2.26. The van der Waals surface area contributed by atoms with Crippen molar-refractivity contribution in [2.45, 2.75) is 44.6 Å². The van der Waals surface area contributed by atoms with Crippen LogP contribution in [-0.4, -0.2) is 29.0 Å². The van der Waals surface area contributed by atoms with Crippen molar-refractivity contribution in [2.75, 3.05) is 12.4 Å². The van der Waals surface area contributed by atoms with Gasteiger partial charge in [0.2, 0.25) is 0 Å². The fourth-order valence-corrected chi connectivity index (χ4v) is 3.12. The maximum atomic E-state index is 12.5. The molecule has 25 heavy (non-hydrogen) atoms. The Morgan fingerprint density at radius 2 is 1.88 bits per heavy atom. The lowest BCUT2D eigenvalue weighted by atomic mass is 10.1. The first-order chi connectivity index (χ1) is 12.3. The smallest absolute Gasteiger partial charge is 0.270 e. The van der Waals surface area contributed by atoms with Crippen LogP contribution in [0.25, 0.3) is 0 Å². The van der Waals surface area contributed by atoms with Gasteiger partial charge in [0, 0.05) is 12.1 Å². The van der Waals surface area contributed by atoms with E-state index in [0.717, 1.165) is 18.5 Å². The molecule has 1 aromatic heterocycles. The Bertz CT molecular complexity index is 712. The van der Waals surface area contributed by atoms with E-state index in [9.17, 15) is 4.79 Å². The summed E-state index contributed by atoms with van der Waals surface area (Å²) in [5, 5.41) is 6.28. The molecule has 1 aromatic carbocycles. The maximum Gasteiger partial charge on any atom is 0.270 e. The van der Waals surface area contributed by atoms with E-state index in [1.165, 1.54) is 32.0 Å². The SMILES string of the molecule is COc1ccccc1Nc1cc(C(=O)NC2CCCCCC2)ncn1. The third kappa shape index (κ3) is 4.68. The highest BCUT2D eigenvalue weighted by Gasteiger charge is 2.17. The number of hydrogen-bond acceptors (Lipinski definition) is 5. The molecular formula is C19H24N4O2. The molecule has 2 aromatic rings. The molecule has 0 unspecified atom stereocenters. The molecule has 1 amide bonds. The van der Waals surface area contributed by atoms with Crippen LogP contribution >= 0.6 is 0 Å². The summed E-state index contributed by atoms with van der Waals surface area (Å²) in [5.74, 6) is 1.13. The number of hydrogen-bond donors (Lipinski definition) is 2. The predicted octanol–water partition coefficient (Wildman–Crippen LogP) is 3.68. The van der Waals surface area contributed by atoms with E-state index in [1.54, 1.807) is 13.2 Å². The lowest BCUT2D eigenvalue weighted by Crippen LogP contribution is -2.34. The first kappa shape index (κ1) is 17.2. The zero-order valence-electron chi connectivity index (χ0n) is 14.5. The molecule has 0 bridgehead atoms. The van der Waals surface area contributed by atoms with Gasteiger partial charge in [-0.15, -0.1) is 0 Å². The van der Waals surface area contributed by atoms with E-state index < -0.39 is 0 Å². The number of rotatable bonds is 5. The second kappa shape index (κ2) is 8.46. The molecule has 1 aliphatic carbocycles. The van der Waals surface area contributed by atoms with E-state index in [2.05, 4.69) is 20.6 Å². The van der Waals surface area contributed by atoms with Gasteiger partial charge in [0.25, 0.3) is 5.91 Å². The van der Waals surface area contributed by atoms with Crippen LogP contribution in [0.2, 0.25) is 0 Å². The maximum absolute atomic E-state index is 12.5. The molecule has 0 radical (unpaired) electrons. The standard InChI is InChI=1S/C19H24N4O2/c1-25-17-11-7-6-10-15(17)23-18-12-16(20-13-21-18)19(24)22-14-8-4-2-3-5-9-14/h6-7,10-14H,2-5,8-9H2,1H3,(H,22,24)(H,20,21,23). The Hall–Kier alpha value is -2.63. The number of carbonyl (C=O) groups is 1. The van der Waals surface area contributed by atoms with Crippen molar-refractivity contribution >= 4 is 17.4 Å². The highest BCUT2D eigenvalue weighted by atomic mass is 16.5. The van der Waals surface area contributed by atoms with Gasteiger partial charge in [0.1, 0.15) is 23.6 Å². The van der Waals surface area contributed by atoms with Crippen molar-refractivity contribution in [1.29, 1.82) is 0 Å². The number of nitrogens with one attached hydrogen (secondary N) is 2. The van der Waals surface area contributed by atoms with E-state index >= 15 is 0 Å².